The lowest BCUT2D eigenvalue weighted by molar-refractivity contribution is -0.173. The number of ether oxygens (including phenoxy) is 5. The van der Waals surface area contributed by atoms with Crippen LogP contribution in [0.5, 0.6) is 0 Å². The Hall–Kier alpha value is -2.84. The zero-order valence-corrected chi connectivity index (χ0v) is 12.3. The molecular formula is C13H14O9. The monoisotopic (exact) mass is 314 g/mol. The summed E-state index contributed by atoms with van der Waals surface area (Å²) in [6, 6.07) is 0. The summed E-state index contributed by atoms with van der Waals surface area (Å²) in [6.45, 7) is 4.37. The van der Waals surface area contributed by atoms with Gasteiger partial charge in [0.15, 0.2) is 0 Å². The summed E-state index contributed by atoms with van der Waals surface area (Å²) in [5.74, 6) is -4.14. The Morgan fingerprint density at radius 3 is 1.86 bits per heavy atom. The van der Waals surface area contributed by atoms with Crippen LogP contribution in [0.1, 0.15) is 27.7 Å². The molecule has 0 radical (unpaired) electrons. The van der Waals surface area contributed by atoms with Crippen LogP contribution in [0.4, 0.5) is 0 Å². The third-order valence-electron chi connectivity index (χ3n) is 1.99. The van der Waals surface area contributed by atoms with Crippen LogP contribution < -0.4 is 0 Å². The van der Waals surface area contributed by atoms with Crippen molar-refractivity contribution < 1.29 is 42.9 Å². The van der Waals surface area contributed by atoms with E-state index in [-0.39, 0.29) is 5.76 Å². The van der Waals surface area contributed by atoms with Crippen molar-refractivity contribution in [2.24, 2.45) is 0 Å². The summed E-state index contributed by atoms with van der Waals surface area (Å²) in [5.41, 5.74) is 0. The van der Waals surface area contributed by atoms with Gasteiger partial charge >= 0.3 is 30.2 Å². The van der Waals surface area contributed by atoms with Crippen LogP contribution in [0.3, 0.4) is 0 Å². The average Bonchev–Trinajstić information content (AvgIpc) is 2.34. The summed E-state index contributed by atoms with van der Waals surface area (Å²) in [4.78, 5) is 44.5. The molecule has 0 fully saturated rings. The van der Waals surface area contributed by atoms with Gasteiger partial charge in [0.2, 0.25) is 17.3 Å². The van der Waals surface area contributed by atoms with E-state index in [0.717, 1.165) is 34.0 Å². The van der Waals surface area contributed by atoms with Crippen LogP contribution in [0.15, 0.2) is 23.5 Å². The van der Waals surface area contributed by atoms with Crippen molar-refractivity contribution in [3.8, 4) is 0 Å². The van der Waals surface area contributed by atoms with E-state index in [4.69, 9.17) is 23.7 Å². The molecule has 0 amide bonds. The minimum Gasteiger partial charge on any atom is -0.451 e. The SMILES string of the molecule is CC(=O)OC1=COC(OC(C)=O)C(OC(C)=O)=C1OC(C)=O. The van der Waals surface area contributed by atoms with Crippen LogP contribution in [0.25, 0.3) is 0 Å². The van der Waals surface area contributed by atoms with Gasteiger partial charge < -0.3 is 23.7 Å². The van der Waals surface area contributed by atoms with Crippen LogP contribution in [-0.2, 0) is 42.9 Å². The second-order valence-corrected chi connectivity index (χ2v) is 4.03. The lowest BCUT2D eigenvalue weighted by atomic mass is 10.3. The maximum absolute atomic E-state index is 11.2. The Morgan fingerprint density at radius 2 is 1.41 bits per heavy atom. The first-order valence-electron chi connectivity index (χ1n) is 6.03. The first-order chi connectivity index (χ1) is 10.2. The van der Waals surface area contributed by atoms with Crippen molar-refractivity contribution >= 4 is 23.9 Å². The predicted molar refractivity (Wildman–Crippen MR) is 67.0 cm³/mol. The second kappa shape index (κ2) is 7.25. The Morgan fingerprint density at radius 1 is 0.864 bits per heavy atom. The van der Waals surface area contributed by atoms with Gasteiger partial charge in [-0.25, -0.2) is 0 Å². The van der Waals surface area contributed by atoms with Gasteiger partial charge in [-0.05, 0) is 0 Å². The number of carbonyl (C=O) groups is 4. The summed E-state index contributed by atoms with van der Waals surface area (Å²) < 4.78 is 24.4. The zero-order valence-electron chi connectivity index (χ0n) is 12.3. The molecule has 9 heteroatoms. The second-order valence-electron chi connectivity index (χ2n) is 4.03. The summed E-state index contributed by atoms with van der Waals surface area (Å²) in [5, 5.41) is 0. The summed E-state index contributed by atoms with van der Waals surface area (Å²) in [7, 11) is 0. The number of hydrogen-bond donors (Lipinski definition) is 0. The van der Waals surface area contributed by atoms with Crippen molar-refractivity contribution in [3.63, 3.8) is 0 Å². The molecule has 120 valence electrons. The highest BCUT2D eigenvalue weighted by Gasteiger charge is 2.35. The van der Waals surface area contributed by atoms with Crippen molar-refractivity contribution in [1.29, 1.82) is 0 Å². The maximum atomic E-state index is 11.2. The highest BCUT2D eigenvalue weighted by atomic mass is 16.7. The molecule has 0 aliphatic carbocycles. The average molecular weight is 314 g/mol. The molecule has 0 saturated carbocycles. The molecule has 0 aromatic rings. The van der Waals surface area contributed by atoms with E-state index < -0.39 is 41.7 Å². The number of rotatable bonds is 4. The number of hydrogen-bond acceptors (Lipinski definition) is 9. The van der Waals surface area contributed by atoms with Crippen molar-refractivity contribution in [3.05, 3.63) is 23.5 Å². The first-order valence-corrected chi connectivity index (χ1v) is 6.03. The van der Waals surface area contributed by atoms with Gasteiger partial charge in [0.25, 0.3) is 0 Å². The molecule has 1 unspecified atom stereocenters. The van der Waals surface area contributed by atoms with Crippen LogP contribution in [0.2, 0.25) is 0 Å². The first kappa shape index (κ1) is 17.2. The van der Waals surface area contributed by atoms with Gasteiger partial charge in [0.05, 0.1) is 0 Å². The number of esters is 4. The summed E-state index contributed by atoms with van der Waals surface area (Å²) >= 11 is 0. The van der Waals surface area contributed by atoms with Gasteiger partial charge in [-0.2, -0.15) is 0 Å². The molecule has 1 rings (SSSR count). The highest BCUT2D eigenvalue weighted by molar-refractivity contribution is 5.72. The molecule has 0 aromatic heterocycles. The molecule has 1 aliphatic rings. The van der Waals surface area contributed by atoms with Crippen LogP contribution >= 0.6 is 0 Å². The van der Waals surface area contributed by atoms with E-state index in [0.29, 0.717) is 0 Å². The van der Waals surface area contributed by atoms with E-state index in [1.807, 2.05) is 0 Å². The Bertz CT molecular complexity index is 570. The quantitative estimate of drug-likeness (QED) is 0.544. The molecule has 1 heterocycles. The Kier molecular flexibility index (Phi) is 5.67. The zero-order chi connectivity index (χ0) is 16.9. The molecule has 1 atom stereocenters. The topological polar surface area (TPSA) is 114 Å². The van der Waals surface area contributed by atoms with E-state index in [1.54, 1.807) is 0 Å². The number of carbonyl (C=O) groups excluding carboxylic acids is 4. The Balaban J connectivity index is 3.28. The van der Waals surface area contributed by atoms with E-state index >= 15 is 0 Å². The molecule has 9 nitrogen and oxygen atoms in total. The van der Waals surface area contributed by atoms with Crippen molar-refractivity contribution in [2.75, 3.05) is 0 Å². The standard InChI is InChI=1S/C13H14O9/c1-6(14)19-10-5-18-13(22-9(4)17)12(21-8(3)16)11(10)20-7(2)15/h5,13H,1-4H3. The molecule has 0 N–H and O–H groups in total. The van der Waals surface area contributed by atoms with Crippen LogP contribution in [0, 0.1) is 0 Å². The van der Waals surface area contributed by atoms with E-state index in [9.17, 15) is 19.2 Å². The fourth-order valence-corrected chi connectivity index (χ4v) is 1.42. The van der Waals surface area contributed by atoms with Crippen molar-refractivity contribution in [2.45, 2.75) is 34.0 Å². The smallest absolute Gasteiger partial charge is 0.308 e. The molecular weight excluding hydrogens is 300 g/mol. The van der Waals surface area contributed by atoms with Crippen LogP contribution in [-0.4, -0.2) is 30.2 Å². The minimum atomic E-state index is -1.46. The third-order valence-corrected chi connectivity index (χ3v) is 1.99. The molecule has 0 aromatic carbocycles. The largest absolute Gasteiger partial charge is 0.451 e. The maximum Gasteiger partial charge on any atom is 0.308 e. The van der Waals surface area contributed by atoms with E-state index in [2.05, 4.69) is 0 Å². The highest BCUT2D eigenvalue weighted by Crippen LogP contribution is 2.29. The molecule has 22 heavy (non-hydrogen) atoms. The van der Waals surface area contributed by atoms with Crippen molar-refractivity contribution in [1.82, 2.24) is 0 Å². The lowest BCUT2D eigenvalue weighted by Gasteiger charge is -2.25. The molecule has 0 saturated heterocycles. The van der Waals surface area contributed by atoms with Gasteiger partial charge in [0.1, 0.15) is 6.26 Å². The normalized spacial score (nSPS) is 16.9. The predicted octanol–water partition coefficient (Wildman–Crippen LogP) is 0.648. The Labute approximate surface area is 125 Å². The molecule has 0 bridgehead atoms. The molecule has 0 spiro atoms. The van der Waals surface area contributed by atoms with Gasteiger partial charge in [-0.15, -0.1) is 0 Å². The van der Waals surface area contributed by atoms with E-state index in [1.165, 1.54) is 0 Å². The van der Waals surface area contributed by atoms with Gasteiger partial charge in [-0.1, -0.05) is 0 Å². The third kappa shape index (κ3) is 4.93. The fraction of sp³-hybridized carbons (Fsp3) is 0.385. The molecule has 1 aliphatic heterocycles. The summed E-state index contributed by atoms with van der Waals surface area (Å²) in [6.07, 6.45) is -0.560. The minimum absolute atomic E-state index is 0.303. The fourth-order valence-electron chi connectivity index (χ4n) is 1.42. The van der Waals surface area contributed by atoms with Gasteiger partial charge in [-0.3, -0.25) is 19.2 Å². The van der Waals surface area contributed by atoms with Gasteiger partial charge in [0, 0.05) is 27.7 Å². The lowest BCUT2D eigenvalue weighted by Crippen LogP contribution is -2.29.